The Bertz CT molecular complexity index is 1980. The molecule has 0 aliphatic carbocycles. The van der Waals surface area contributed by atoms with E-state index in [2.05, 4.69) is 30.0 Å². The third-order valence-electron chi connectivity index (χ3n) is 10.4. The first-order valence-electron chi connectivity index (χ1n) is 16.2. The molecule has 10 nitrogen and oxygen atoms in total. The van der Waals surface area contributed by atoms with Crippen molar-refractivity contribution < 1.29 is 17.9 Å². The molecule has 0 saturated carbocycles. The molecule has 0 spiro atoms. The number of halogens is 3. The van der Waals surface area contributed by atoms with E-state index in [-0.39, 0.29) is 35.3 Å². The Kier molecular flexibility index (Phi) is 6.67. The lowest BCUT2D eigenvalue weighted by Gasteiger charge is -2.34. The normalized spacial score (nSPS) is 24.7. The summed E-state index contributed by atoms with van der Waals surface area (Å²) in [5, 5.41) is 8.89. The van der Waals surface area contributed by atoms with Gasteiger partial charge in [-0.05, 0) is 56.2 Å². The third kappa shape index (κ3) is 4.63. The Morgan fingerprint density at radius 1 is 1.09 bits per heavy atom. The molecule has 13 heteroatoms. The highest BCUT2D eigenvalue weighted by Crippen LogP contribution is 2.42. The van der Waals surface area contributed by atoms with Crippen LogP contribution < -0.4 is 9.64 Å². The van der Waals surface area contributed by atoms with Gasteiger partial charge in [-0.25, -0.2) is 13.8 Å². The number of benzene rings is 1. The largest absolute Gasteiger partial charge is 0.461 e. The van der Waals surface area contributed by atoms with Gasteiger partial charge in [-0.1, -0.05) is 11.6 Å². The molecule has 5 aliphatic rings. The highest BCUT2D eigenvalue weighted by molar-refractivity contribution is 6.33. The summed E-state index contributed by atoms with van der Waals surface area (Å²) >= 11 is 6.86. The maximum Gasteiger partial charge on any atom is 0.319 e. The molecular formula is C33H33ClF2N8O2. The second-order valence-corrected chi connectivity index (χ2v) is 13.7. The summed E-state index contributed by atoms with van der Waals surface area (Å²) in [6.45, 7) is 2.96. The smallest absolute Gasteiger partial charge is 0.319 e. The van der Waals surface area contributed by atoms with E-state index in [0.717, 1.165) is 50.1 Å². The summed E-state index contributed by atoms with van der Waals surface area (Å²) in [4.78, 5) is 23.3. The number of anilines is 1. The first-order chi connectivity index (χ1) is 22.4. The second-order valence-electron chi connectivity index (χ2n) is 13.3. The van der Waals surface area contributed by atoms with E-state index in [9.17, 15) is 4.39 Å². The fourth-order valence-corrected chi connectivity index (χ4v) is 8.54. The van der Waals surface area contributed by atoms with E-state index in [1.165, 1.54) is 0 Å². The maximum absolute atomic E-state index is 17.0. The number of fused-ring (bicyclic) bond motifs is 4. The molecule has 3 saturated heterocycles. The molecule has 0 amide bonds. The van der Waals surface area contributed by atoms with Gasteiger partial charge < -0.3 is 14.1 Å². The number of hydrogen-bond donors (Lipinski definition) is 1. The standard InChI is InChI=1S/C33H33ClF2N8O2/c34-24-10-25-22(14-39-42-25)27-21(24)5-4-20-12-37-26(46-20)9-18-3-1-7-43(15-18)31-23-13-38-30(27)28(36)29(23)40-32(41-31)45-17-33-6-2-8-44(33)16-19(35)11-33/h10,12-14,18-19H,1-9,11,15-17H2,(H,39,42)/t18-,19+,33-/m0/s1. The van der Waals surface area contributed by atoms with Crippen LogP contribution in [-0.4, -0.2) is 79.5 Å². The predicted octanol–water partition coefficient (Wildman–Crippen LogP) is 5.86. The van der Waals surface area contributed by atoms with E-state index < -0.39 is 12.0 Å². The first-order valence-corrected chi connectivity index (χ1v) is 16.5. The van der Waals surface area contributed by atoms with Gasteiger partial charge in [0.2, 0.25) is 0 Å². The molecule has 4 aromatic heterocycles. The monoisotopic (exact) mass is 646 g/mol. The number of hydrogen-bond acceptors (Lipinski definition) is 9. The van der Waals surface area contributed by atoms with E-state index in [1.807, 2.05) is 6.07 Å². The molecule has 9 heterocycles. The lowest BCUT2D eigenvalue weighted by molar-refractivity contribution is 0.107. The maximum atomic E-state index is 17.0. The quantitative estimate of drug-likeness (QED) is 0.258. The van der Waals surface area contributed by atoms with Crippen molar-refractivity contribution in [2.24, 2.45) is 5.92 Å². The van der Waals surface area contributed by atoms with Crippen molar-refractivity contribution in [3.05, 3.63) is 52.7 Å². The number of nitrogens with zero attached hydrogens (tertiary/aromatic N) is 7. The summed E-state index contributed by atoms with van der Waals surface area (Å²) in [6.07, 6.45) is 10.2. The highest BCUT2D eigenvalue weighted by Gasteiger charge is 2.49. The van der Waals surface area contributed by atoms with Gasteiger partial charge in [0.05, 0.1) is 28.8 Å². The Morgan fingerprint density at radius 3 is 2.96 bits per heavy atom. The number of aryl methyl sites for hydroxylation is 1. The van der Waals surface area contributed by atoms with Gasteiger partial charge >= 0.3 is 6.01 Å². The molecule has 3 atom stereocenters. The van der Waals surface area contributed by atoms with Crippen molar-refractivity contribution in [2.75, 3.05) is 37.7 Å². The minimum Gasteiger partial charge on any atom is -0.461 e. The van der Waals surface area contributed by atoms with E-state index in [1.54, 1.807) is 18.6 Å². The summed E-state index contributed by atoms with van der Waals surface area (Å²) in [5.41, 5.74) is 1.85. The van der Waals surface area contributed by atoms with Crippen LogP contribution >= 0.6 is 11.6 Å². The number of rotatable bonds is 3. The zero-order chi connectivity index (χ0) is 31.0. The van der Waals surface area contributed by atoms with Crippen molar-refractivity contribution in [2.45, 2.75) is 63.1 Å². The fraction of sp³-hybridized carbons (Fsp3) is 0.485. The molecule has 8 bridgehead atoms. The van der Waals surface area contributed by atoms with Gasteiger partial charge in [0, 0.05) is 61.1 Å². The van der Waals surface area contributed by atoms with Gasteiger partial charge in [-0.2, -0.15) is 15.1 Å². The number of oxazole rings is 1. The fourth-order valence-electron chi connectivity index (χ4n) is 8.24. The molecule has 5 aromatic rings. The van der Waals surface area contributed by atoms with Gasteiger partial charge in [0.1, 0.15) is 35.6 Å². The summed E-state index contributed by atoms with van der Waals surface area (Å²) in [6, 6.07) is 1.89. The highest BCUT2D eigenvalue weighted by atomic mass is 35.5. The number of aromatic amines is 1. The lowest BCUT2D eigenvalue weighted by Crippen LogP contribution is -2.43. The zero-order valence-corrected chi connectivity index (χ0v) is 26.0. The number of alkyl halides is 1. The number of piperidine rings is 1. The van der Waals surface area contributed by atoms with Crippen LogP contribution in [-0.2, 0) is 19.3 Å². The minimum atomic E-state index is -0.883. The van der Waals surface area contributed by atoms with Crippen LogP contribution in [0.1, 0.15) is 49.3 Å². The Labute approximate surface area is 268 Å². The average molecular weight is 647 g/mol. The summed E-state index contributed by atoms with van der Waals surface area (Å²) < 4.78 is 44.1. The predicted molar refractivity (Wildman–Crippen MR) is 168 cm³/mol. The van der Waals surface area contributed by atoms with Crippen LogP contribution in [0, 0.1) is 11.7 Å². The van der Waals surface area contributed by atoms with Gasteiger partial charge in [0.15, 0.2) is 11.7 Å². The summed E-state index contributed by atoms with van der Waals surface area (Å²) in [7, 11) is 0. The average Bonchev–Trinajstić information content (AvgIpc) is 3.83. The molecular weight excluding hydrogens is 614 g/mol. The molecule has 1 N–H and O–H groups in total. The molecule has 0 radical (unpaired) electrons. The Balaban J connectivity index is 1.22. The van der Waals surface area contributed by atoms with Crippen LogP contribution in [0.15, 0.2) is 29.1 Å². The lowest BCUT2D eigenvalue weighted by atomic mass is 9.94. The zero-order valence-electron chi connectivity index (χ0n) is 25.2. The minimum absolute atomic E-state index is 0.0856. The number of pyridine rings is 1. The van der Waals surface area contributed by atoms with Crippen molar-refractivity contribution >= 4 is 39.2 Å². The molecule has 238 valence electrons. The van der Waals surface area contributed by atoms with Crippen LogP contribution in [0.5, 0.6) is 6.01 Å². The van der Waals surface area contributed by atoms with Crippen molar-refractivity contribution in [1.82, 2.24) is 35.0 Å². The number of H-pyrrole nitrogens is 1. The van der Waals surface area contributed by atoms with Crippen LogP contribution in [0.25, 0.3) is 33.1 Å². The number of nitrogens with one attached hydrogen (secondary N) is 1. The van der Waals surface area contributed by atoms with Gasteiger partial charge in [-0.15, -0.1) is 0 Å². The SMILES string of the molecule is Fc1c2ncc3c(nc(OC[C@@]45CCCN4C[C@H](F)C5)nc13)N1CCC[C@@H](Cc3ncc(o3)CCc3c(Cl)cc4[nH]ncc4c3-2)C1. The van der Waals surface area contributed by atoms with E-state index in [0.29, 0.717) is 77.4 Å². The second kappa shape index (κ2) is 10.8. The van der Waals surface area contributed by atoms with Crippen molar-refractivity contribution in [3.8, 4) is 17.3 Å². The third-order valence-corrected chi connectivity index (χ3v) is 10.8. The van der Waals surface area contributed by atoms with Gasteiger partial charge in [0.25, 0.3) is 0 Å². The Morgan fingerprint density at radius 2 is 2.02 bits per heavy atom. The first kappa shape index (κ1) is 28.3. The number of ether oxygens (including phenoxy) is 1. The van der Waals surface area contributed by atoms with Gasteiger partial charge in [-0.3, -0.25) is 15.0 Å². The van der Waals surface area contributed by atoms with Crippen molar-refractivity contribution in [3.63, 3.8) is 0 Å². The molecule has 10 rings (SSSR count). The van der Waals surface area contributed by atoms with E-state index >= 15 is 4.39 Å². The Hall–Kier alpha value is -3.90. The molecule has 5 aliphatic heterocycles. The summed E-state index contributed by atoms with van der Waals surface area (Å²) in [5.74, 6) is 1.74. The molecule has 46 heavy (non-hydrogen) atoms. The number of aromatic nitrogens is 6. The van der Waals surface area contributed by atoms with Crippen molar-refractivity contribution in [1.29, 1.82) is 0 Å². The molecule has 0 unspecified atom stereocenters. The van der Waals surface area contributed by atoms with Crippen LogP contribution in [0.3, 0.4) is 0 Å². The van der Waals surface area contributed by atoms with Crippen LogP contribution in [0.4, 0.5) is 14.6 Å². The molecule has 3 fully saturated rings. The molecule has 1 aromatic carbocycles. The van der Waals surface area contributed by atoms with E-state index in [4.69, 9.17) is 30.7 Å². The van der Waals surface area contributed by atoms with Crippen LogP contribution in [0.2, 0.25) is 5.02 Å². The topological polar surface area (TPSA) is 109 Å².